The van der Waals surface area contributed by atoms with Crippen LogP contribution in [0, 0.1) is 5.82 Å². The molecule has 0 bridgehead atoms. The second-order valence-electron chi connectivity index (χ2n) is 20.8. The third kappa shape index (κ3) is 14.2. The first-order valence-corrected chi connectivity index (χ1v) is 25.7. The summed E-state index contributed by atoms with van der Waals surface area (Å²) >= 11 is 0. The van der Waals surface area contributed by atoms with Gasteiger partial charge in [-0.3, -0.25) is 43.8 Å². The molecular formula is C58H66FN5O13. The van der Waals surface area contributed by atoms with Crippen molar-refractivity contribution in [3.8, 4) is 33.9 Å². The Hall–Kier alpha value is -7.74. The second-order valence-corrected chi connectivity index (χ2v) is 20.8. The van der Waals surface area contributed by atoms with Gasteiger partial charge in [0.15, 0.2) is 6.61 Å². The molecule has 6 amide bonds. The molecule has 0 aliphatic carbocycles. The molecule has 0 saturated carbocycles. The van der Waals surface area contributed by atoms with Crippen LogP contribution in [0.3, 0.4) is 0 Å². The van der Waals surface area contributed by atoms with Crippen LogP contribution in [0.4, 0.5) is 10.1 Å². The van der Waals surface area contributed by atoms with Gasteiger partial charge < -0.3 is 44.7 Å². The summed E-state index contributed by atoms with van der Waals surface area (Å²) in [5, 5.41) is 38.6. The van der Waals surface area contributed by atoms with Gasteiger partial charge in [-0.15, -0.1) is 0 Å². The van der Waals surface area contributed by atoms with E-state index in [2.05, 4.69) is 16.0 Å². The van der Waals surface area contributed by atoms with Crippen LogP contribution in [0.25, 0.3) is 22.4 Å². The van der Waals surface area contributed by atoms with Crippen molar-refractivity contribution in [2.45, 2.75) is 128 Å². The molecule has 1 aromatic heterocycles. The number of hydrogen-bond acceptors (Lipinski definition) is 12. The lowest BCUT2D eigenvalue weighted by molar-refractivity contribution is -0.140. The fourth-order valence-corrected chi connectivity index (χ4v) is 9.60. The average molecular weight is 1060 g/mol. The third-order valence-corrected chi connectivity index (χ3v) is 13.4. The van der Waals surface area contributed by atoms with Crippen LogP contribution in [0.15, 0.2) is 97.1 Å². The number of imide groups is 2. The normalized spacial score (nSPS) is 15.5. The van der Waals surface area contributed by atoms with Crippen molar-refractivity contribution in [2.24, 2.45) is 0 Å². The fraction of sp³-hybridized carbons (Fsp3) is 0.397. The number of piperidine rings is 1. The minimum absolute atomic E-state index is 0.00406. The van der Waals surface area contributed by atoms with Crippen LogP contribution in [0.2, 0.25) is 0 Å². The first-order chi connectivity index (χ1) is 36.5. The molecule has 1 unspecified atom stereocenters. The van der Waals surface area contributed by atoms with Crippen LogP contribution >= 0.6 is 0 Å². The molecule has 5 aromatic rings. The van der Waals surface area contributed by atoms with Gasteiger partial charge in [0.2, 0.25) is 11.8 Å². The largest absolute Gasteiger partial charge is 0.488 e. The zero-order valence-corrected chi connectivity index (χ0v) is 44.0. The van der Waals surface area contributed by atoms with Crippen LogP contribution < -0.4 is 25.4 Å². The van der Waals surface area contributed by atoms with Gasteiger partial charge in [-0.2, -0.15) is 0 Å². The number of carboxylic acids is 1. The molecular weight excluding hydrogens is 994 g/mol. The quantitative estimate of drug-likeness (QED) is 0.0308. The molecule has 18 nitrogen and oxygen atoms in total. The van der Waals surface area contributed by atoms with Gasteiger partial charge in [0.1, 0.15) is 29.0 Å². The SMILES string of the molecule is CC(C)c1c(C(=O)Nc2ccccc2)c(-c2ccc(OC(C)(C)CCOC(C)(C)CCNC(=O)COc3cccc4c3C(=O)N(C3CCC(=O)NC3=O)C4=O)cc2)c(-c2ccc(F)cc2)n1CC[C@@H](O)C[C@@H](O)CC(=O)O. The number of carboxylic acid groups (broad SMARTS) is 1. The maximum Gasteiger partial charge on any atom is 0.305 e. The maximum atomic E-state index is 14.7. The number of aliphatic hydroxyl groups excluding tert-OH is 2. The van der Waals surface area contributed by atoms with Crippen LogP contribution in [0.1, 0.15) is 129 Å². The summed E-state index contributed by atoms with van der Waals surface area (Å²) in [4.78, 5) is 90.4. The summed E-state index contributed by atoms with van der Waals surface area (Å²) in [5.41, 5.74) is 2.60. The number of ether oxygens (including phenoxy) is 3. The molecule has 0 radical (unpaired) electrons. The average Bonchev–Trinajstić information content (AvgIpc) is 3.93. The number of halogens is 1. The first-order valence-electron chi connectivity index (χ1n) is 25.7. The molecule has 77 heavy (non-hydrogen) atoms. The van der Waals surface area contributed by atoms with Crippen LogP contribution in [-0.4, -0.2) is 115 Å². The van der Waals surface area contributed by atoms with E-state index in [-0.39, 0.29) is 67.5 Å². The Labute approximate surface area is 445 Å². The van der Waals surface area contributed by atoms with Crippen molar-refractivity contribution in [1.29, 1.82) is 0 Å². The number of aliphatic carboxylic acids is 1. The van der Waals surface area contributed by atoms with E-state index >= 15 is 0 Å². The van der Waals surface area contributed by atoms with Crippen molar-refractivity contribution >= 4 is 47.1 Å². The molecule has 1 saturated heterocycles. The molecule has 3 heterocycles. The van der Waals surface area contributed by atoms with E-state index in [1.54, 1.807) is 36.4 Å². The summed E-state index contributed by atoms with van der Waals surface area (Å²) in [6.07, 6.45) is -2.03. The Bertz CT molecular complexity index is 2990. The highest BCUT2D eigenvalue weighted by atomic mass is 19.1. The number of para-hydroxylation sites is 1. The van der Waals surface area contributed by atoms with Gasteiger partial charge >= 0.3 is 5.97 Å². The molecule has 6 N–H and O–H groups in total. The molecule has 19 heteroatoms. The van der Waals surface area contributed by atoms with E-state index in [1.807, 2.05) is 76.4 Å². The Morgan fingerprint density at radius 2 is 1.51 bits per heavy atom. The number of carbonyl (C=O) groups excluding carboxylic acids is 6. The molecule has 2 aliphatic heterocycles. The number of benzene rings is 4. The lowest BCUT2D eigenvalue weighted by atomic mass is 9.94. The van der Waals surface area contributed by atoms with Crippen LogP contribution in [0.5, 0.6) is 11.5 Å². The van der Waals surface area contributed by atoms with E-state index in [1.165, 1.54) is 30.3 Å². The summed E-state index contributed by atoms with van der Waals surface area (Å²) < 4.78 is 35.0. The summed E-state index contributed by atoms with van der Waals surface area (Å²) in [6, 6.07) is 25.5. The summed E-state index contributed by atoms with van der Waals surface area (Å²) in [7, 11) is 0. The summed E-state index contributed by atoms with van der Waals surface area (Å²) in [6.45, 7) is 11.8. The smallest absolute Gasteiger partial charge is 0.305 e. The van der Waals surface area contributed by atoms with E-state index in [4.69, 9.17) is 14.2 Å². The highest BCUT2D eigenvalue weighted by molar-refractivity contribution is 6.24. The van der Waals surface area contributed by atoms with Gasteiger partial charge in [-0.25, -0.2) is 4.39 Å². The molecule has 2 aliphatic rings. The minimum atomic E-state index is -1.26. The number of aliphatic hydroxyl groups is 2. The molecule has 0 spiro atoms. The first kappa shape index (κ1) is 57.0. The van der Waals surface area contributed by atoms with Crippen molar-refractivity contribution in [1.82, 2.24) is 20.1 Å². The second kappa shape index (κ2) is 24.5. The maximum absolute atomic E-state index is 14.7. The van der Waals surface area contributed by atoms with Gasteiger partial charge in [0.05, 0.1) is 53.2 Å². The standard InChI is InChI=1S/C58H66FN5O13/c1-34(2)51-50(54(72)61-38-11-8-7-9-12-38)48(52(36-15-19-37(59)20-16-36)63(51)29-25-39(65)31-40(66)32-47(69)70)35-17-21-41(22-18-35)77-58(5,6)27-30-76-57(3,4)26-28-60-46(68)33-75-44-14-10-13-42-49(44)56(74)64(55(42)73)43-23-24-45(67)62-53(43)71/h7-22,34,39-40,43,65-66H,23-33H2,1-6H3,(H,60,68)(H,61,72)(H,69,70)(H,62,67,71)/t39-,40-,43?/m1/s1. The third-order valence-electron chi connectivity index (χ3n) is 13.4. The van der Waals surface area contributed by atoms with Gasteiger partial charge in [0.25, 0.3) is 23.6 Å². The van der Waals surface area contributed by atoms with E-state index in [0.717, 1.165) is 4.90 Å². The van der Waals surface area contributed by atoms with Crippen molar-refractivity contribution in [2.75, 3.05) is 25.1 Å². The number of carbonyl (C=O) groups is 7. The molecule has 7 rings (SSSR count). The number of rotatable bonds is 25. The predicted molar refractivity (Wildman–Crippen MR) is 283 cm³/mol. The monoisotopic (exact) mass is 1060 g/mol. The van der Waals surface area contributed by atoms with Gasteiger partial charge in [0, 0.05) is 42.9 Å². The number of fused-ring (bicyclic) bond motifs is 1. The Morgan fingerprint density at radius 3 is 2.17 bits per heavy atom. The lowest BCUT2D eigenvalue weighted by Gasteiger charge is -2.30. The lowest BCUT2D eigenvalue weighted by Crippen LogP contribution is -2.54. The minimum Gasteiger partial charge on any atom is -0.488 e. The molecule has 1 fully saturated rings. The Balaban J connectivity index is 0.998. The van der Waals surface area contributed by atoms with E-state index < -0.39 is 83.8 Å². The highest BCUT2D eigenvalue weighted by Crippen LogP contribution is 2.44. The predicted octanol–water partition coefficient (Wildman–Crippen LogP) is 7.64. The van der Waals surface area contributed by atoms with Gasteiger partial charge in [-0.05, 0) is 131 Å². The molecule has 4 aromatic carbocycles. The number of hydrogen-bond donors (Lipinski definition) is 6. The van der Waals surface area contributed by atoms with Crippen molar-refractivity contribution in [3.63, 3.8) is 0 Å². The summed E-state index contributed by atoms with van der Waals surface area (Å²) in [5.74, 6) is -4.83. The van der Waals surface area contributed by atoms with Gasteiger partial charge in [-0.1, -0.05) is 50.2 Å². The van der Waals surface area contributed by atoms with E-state index in [9.17, 15) is 53.3 Å². The van der Waals surface area contributed by atoms with Crippen molar-refractivity contribution in [3.05, 3.63) is 125 Å². The van der Waals surface area contributed by atoms with Crippen LogP contribution in [-0.2, 0) is 30.5 Å². The number of nitrogens with zero attached hydrogens (tertiary/aromatic N) is 2. The Kier molecular flexibility index (Phi) is 18.1. The highest BCUT2D eigenvalue weighted by Gasteiger charge is 2.46. The number of anilines is 1. The number of amides is 6. The zero-order valence-electron chi connectivity index (χ0n) is 44.0. The number of aromatic nitrogens is 1. The number of nitrogens with one attached hydrogen (secondary N) is 3. The zero-order chi connectivity index (χ0) is 55.8. The fourth-order valence-electron chi connectivity index (χ4n) is 9.60. The molecule has 3 atom stereocenters. The Morgan fingerprint density at radius 1 is 0.818 bits per heavy atom. The molecule has 408 valence electrons. The van der Waals surface area contributed by atoms with E-state index in [0.29, 0.717) is 64.5 Å². The topological polar surface area (TPSA) is 252 Å². The van der Waals surface area contributed by atoms with Crippen molar-refractivity contribution < 1.29 is 67.5 Å².